The number of unbranched alkanes of at least 4 members (excludes halogenated alkanes) is 1. The van der Waals surface area contributed by atoms with Crippen LogP contribution in [0.4, 0.5) is 17.6 Å². The molecule has 0 atom stereocenters. The molecule has 5 nitrogen and oxygen atoms in total. The van der Waals surface area contributed by atoms with Gasteiger partial charge in [-0.05, 0) is 12.8 Å². The molecule has 0 amide bonds. The van der Waals surface area contributed by atoms with Crippen LogP contribution in [0.25, 0.3) is 0 Å². The Bertz CT molecular complexity index is 313. The standard InChI is InChI=1S/C11H21N5/c1-3-5-7-14-10-8-9(13-6-4-2)15-11(12)16-10/h8H,3-7H2,1-2H3,(H4,12,13,14,15,16). The summed E-state index contributed by atoms with van der Waals surface area (Å²) in [4.78, 5) is 8.24. The topological polar surface area (TPSA) is 75.9 Å². The van der Waals surface area contributed by atoms with Crippen molar-refractivity contribution < 1.29 is 0 Å². The number of aromatic nitrogens is 2. The van der Waals surface area contributed by atoms with Crippen LogP contribution in [0.15, 0.2) is 6.07 Å². The van der Waals surface area contributed by atoms with Gasteiger partial charge >= 0.3 is 0 Å². The van der Waals surface area contributed by atoms with E-state index in [4.69, 9.17) is 5.73 Å². The maximum Gasteiger partial charge on any atom is 0.223 e. The van der Waals surface area contributed by atoms with Crippen molar-refractivity contribution in [1.29, 1.82) is 0 Å². The van der Waals surface area contributed by atoms with E-state index in [1.807, 2.05) is 6.07 Å². The Morgan fingerprint density at radius 1 is 1.06 bits per heavy atom. The number of hydrogen-bond acceptors (Lipinski definition) is 5. The number of anilines is 3. The quantitative estimate of drug-likeness (QED) is 0.617. The van der Waals surface area contributed by atoms with E-state index in [1.165, 1.54) is 0 Å². The molecule has 0 fully saturated rings. The molecule has 1 aromatic heterocycles. The van der Waals surface area contributed by atoms with E-state index in [2.05, 4.69) is 34.4 Å². The van der Waals surface area contributed by atoms with E-state index < -0.39 is 0 Å². The Hall–Kier alpha value is -1.52. The second-order valence-corrected chi connectivity index (χ2v) is 3.70. The molecule has 0 saturated carbocycles. The summed E-state index contributed by atoms with van der Waals surface area (Å²) in [5.41, 5.74) is 5.63. The summed E-state index contributed by atoms with van der Waals surface area (Å²) >= 11 is 0. The van der Waals surface area contributed by atoms with Crippen molar-refractivity contribution in [2.45, 2.75) is 33.1 Å². The molecule has 4 N–H and O–H groups in total. The van der Waals surface area contributed by atoms with Crippen LogP contribution in [-0.2, 0) is 0 Å². The summed E-state index contributed by atoms with van der Waals surface area (Å²) in [5, 5.41) is 6.43. The van der Waals surface area contributed by atoms with Crippen LogP contribution in [0, 0.1) is 0 Å². The number of nitrogens with zero attached hydrogens (tertiary/aromatic N) is 2. The van der Waals surface area contributed by atoms with Gasteiger partial charge in [0.05, 0.1) is 0 Å². The van der Waals surface area contributed by atoms with E-state index in [-0.39, 0.29) is 0 Å². The van der Waals surface area contributed by atoms with Crippen molar-refractivity contribution in [1.82, 2.24) is 9.97 Å². The van der Waals surface area contributed by atoms with Crippen LogP contribution in [0.1, 0.15) is 33.1 Å². The Kier molecular flexibility index (Phi) is 5.39. The molecule has 1 heterocycles. The molecule has 16 heavy (non-hydrogen) atoms. The first-order valence-electron chi connectivity index (χ1n) is 5.88. The number of nitrogen functional groups attached to an aromatic ring is 1. The summed E-state index contributed by atoms with van der Waals surface area (Å²) in [6.45, 7) is 6.08. The molecule has 0 spiro atoms. The van der Waals surface area contributed by atoms with Gasteiger partial charge in [0.15, 0.2) is 0 Å². The molecular formula is C11H21N5. The van der Waals surface area contributed by atoms with Gasteiger partial charge in [0.2, 0.25) is 5.95 Å². The predicted molar refractivity (Wildman–Crippen MR) is 68.6 cm³/mol. The SMILES string of the molecule is CCCCNc1cc(NCCC)nc(N)n1. The third-order valence-electron chi connectivity index (χ3n) is 2.14. The molecule has 5 heteroatoms. The number of nitrogens with two attached hydrogens (primary N) is 1. The molecule has 0 aliphatic carbocycles. The average Bonchev–Trinajstić information content (AvgIpc) is 2.26. The predicted octanol–water partition coefficient (Wildman–Crippen LogP) is 2.09. The molecule has 1 rings (SSSR count). The largest absolute Gasteiger partial charge is 0.370 e. The van der Waals surface area contributed by atoms with Gasteiger partial charge in [-0.25, -0.2) is 0 Å². The van der Waals surface area contributed by atoms with E-state index in [9.17, 15) is 0 Å². The zero-order chi connectivity index (χ0) is 11.8. The fourth-order valence-electron chi connectivity index (χ4n) is 1.29. The number of rotatable bonds is 7. The second-order valence-electron chi connectivity index (χ2n) is 3.70. The molecule has 0 saturated heterocycles. The van der Waals surface area contributed by atoms with Crippen LogP contribution >= 0.6 is 0 Å². The Morgan fingerprint density at radius 3 is 2.25 bits per heavy atom. The first-order chi connectivity index (χ1) is 7.76. The average molecular weight is 223 g/mol. The molecule has 90 valence electrons. The molecular weight excluding hydrogens is 202 g/mol. The van der Waals surface area contributed by atoms with Gasteiger partial charge in [0.1, 0.15) is 11.6 Å². The molecule has 0 radical (unpaired) electrons. The van der Waals surface area contributed by atoms with E-state index in [0.29, 0.717) is 5.95 Å². The van der Waals surface area contributed by atoms with E-state index in [1.54, 1.807) is 0 Å². The van der Waals surface area contributed by atoms with Crippen molar-refractivity contribution in [3.8, 4) is 0 Å². The third kappa shape index (κ3) is 4.33. The van der Waals surface area contributed by atoms with Gasteiger partial charge < -0.3 is 16.4 Å². The van der Waals surface area contributed by atoms with Crippen molar-refractivity contribution in [3.63, 3.8) is 0 Å². The summed E-state index contributed by atoms with van der Waals surface area (Å²) in [6.07, 6.45) is 3.35. The Balaban J connectivity index is 2.58. The summed E-state index contributed by atoms with van der Waals surface area (Å²) < 4.78 is 0. The zero-order valence-electron chi connectivity index (χ0n) is 10.1. The third-order valence-corrected chi connectivity index (χ3v) is 2.14. The summed E-state index contributed by atoms with van der Waals surface area (Å²) in [6, 6.07) is 1.89. The van der Waals surface area contributed by atoms with Crippen molar-refractivity contribution in [3.05, 3.63) is 6.07 Å². The maximum absolute atomic E-state index is 5.63. The minimum atomic E-state index is 0.306. The fraction of sp³-hybridized carbons (Fsp3) is 0.636. The van der Waals surface area contributed by atoms with Gasteiger partial charge in [-0.15, -0.1) is 0 Å². The highest BCUT2D eigenvalue weighted by molar-refractivity contribution is 5.50. The molecule has 0 unspecified atom stereocenters. The van der Waals surface area contributed by atoms with Crippen molar-refractivity contribution >= 4 is 17.6 Å². The lowest BCUT2D eigenvalue weighted by molar-refractivity contribution is 0.830. The van der Waals surface area contributed by atoms with Gasteiger partial charge in [-0.1, -0.05) is 20.3 Å². The first kappa shape index (κ1) is 12.5. The highest BCUT2D eigenvalue weighted by Gasteiger charge is 2.00. The van der Waals surface area contributed by atoms with Crippen LogP contribution in [0.2, 0.25) is 0 Å². The van der Waals surface area contributed by atoms with E-state index >= 15 is 0 Å². The van der Waals surface area contributed by atoms with Crippen LogP contribution in [-0.4, -0.2) is 23.1 Å². The highest BCUT2D eigenvalue weighted by Crippen LogP contribution is 2.12. The Labute approximate surface area is 96.9 Å². The van der Waals surface area contributed by atoms with E-state index in [0.717, 1.165) is 44.0 Å². The Morgan fingerprint density at radius 2 is 1.69 bits per heavy atom. The number of hydrogen-bond donors (Lipinski definition) is 3. The normalized spacial score (nSPS) is 10.1. The van der Waals surface area contributed by atoms with Crippen molar-refractivity contribution in [2.24, 2.45) is 0 Å². The van der Waals surface area contributed by atoms with Crippen LogP contribution < -0.4 is 16.4 Å². The monoisotopic (exact) mass is 223 g/mol. The smallest absolute Gasteiger partial charge is 0.223 e. The molecule has 0 aromatic carbocycles. The summed E-state index contributed by atoms with van der Waals surface area (Å²) in [5.74, 6) is 1.88. The molecule has 0 aliphatic heterocycles. The molecule has 0 aliphatic rings. The lowest BCUT2D eigenvalue weighted by Gasteiger charge is -2.08. The van der Waals surface area contributed by atoms with Gasteiger partial charge in [-0.2, -0.15) is 9.97 Å². The lowest BCUT2D eigenvalue weighted by Crippen LogP contribution is -2.09. The molecule has 0 bridgehead atoms. The summed E-state index contributed by atoms with van der Waals surface area (Å²) in [7, 11) is 0. The number of nitrogens with one attached hydrogen (secondary N) is 2. The van der Waals surface area contributed by atoms with Gasteiger partial charge in [0, 0.05) is 19.2 Å². The first-order valence-corrected chi connectivity index (χ1v) is 5.88. The minimum Gasteiger partial charge on any atom is -0.370 e. The van der Waals surface area contributed by atoms with Crippen LogP contribution in [0.3, 0.4) is 0 Å². The van der Waals surface area contributed by atoms with Gasteiger partial charge in [0.25, 0.3) is 0 Å². The maximum atomic E-state index is 5.63. The second kappa shape index (κ2) is 6.87. The van der Waals surface area contributed by atoms with Crippen molar-refractivity contribution in [2.75, 3.05) is 29.5 Å². The highest BCUT2D eigenvalue weighted by atomic mass is 15.1. The van der Waals surface area contributed by atoms with Crippen LogP contribution in [0.5, 0.6) is 0 Å². The van der Waals surface area contributed by atoms with Gasteiger partial charge in [-0.3, -0.25) is 0 Å². The lowest BCUT2D eigenvalue weighted by atomic mass is 10.3. The zero-order valence-corrected chi connectivity index (χ0v) is 10.1. The molecule has 1 aromatic rings. The minimum absolute atomic E-state index is 0.306. The fourth-order valence-corrected chi connectivity index (χ4v) is 1.29.